The highest BCUT2D eigenvalue weighted by Crippen LogP contribution is 2.25. The molecule has 2 aromatic rings. The Hall–Kier alpha value is -1.81. The Morgan fingerprint density at radius 3 is 2.69 bits per heavy atom. The van der Waals surface area contributed by atoms with Gasteiger partial charge in [0.15, 0.2) is 0 Å². The molecule has 82 valence electrons. The molecular weight excluding hydrogens is 228 g/mol. The number of aromatic nitrogens is 2. The number of rotatable bonds is 1. The summed E-state index contributed by atoms with van der Waals surface area (Å²) in [5, 5.41) is 9.93. The zero-order chi connectivity index (χ0) is 11.7. The molecule has 0 atom stereocenters. The number of halogens is 1. The molecule has 16 heavy (non-hydrogen) atoms. The second-order valence-corrected chi connectivity index (χ2v) is 3.75. The minimum Gasteiger partial charge on any atom is -0.493 e. The molecule has 1 aromatic carbocycles. The number of nitrogens with one attached hydrogen (secondary N) is 1. The van der Waals surface area contributed by atoms with Crippen LogP contribution in [0.3, 0.4) is 0 Å². The third kappa shape index (κ3) is 1.79. The Kier molecular flexibility index (Phi) is 2.66. The van der Waals surface area contributed by atoms with Crippen LogP contribution >= 0.6 is 11.6 Å². The quantitative estimate of drug-likeness (QED) is 0.797. The summed E-state index contributed by atoms with van der Waals surface area (Å²) in [6.45, 7) is 1.50. The van der Waals surface area contributed by atoms with E-state index in [0.717, 1.165) is 0 Å². The maximum atomic E-state index is 11.4. The largest absolute Gasteiger partial charge is 0.493 e. The molecule has 2 N–H and O–H groups in total. The first-order valence-corrected chi connectivity index (χ1v) is 5.02. The third-order valence-electron chi connectivity index (χ3n) is 2.25. The molecule has 0 aliphatic heterocycles. The van der Waals surface area contributed by atoms with Crippen molar-refractivity contribution in [1.82, 2.24) is 9.97 Å². The van der Waals surface area contributed by atoms with E-state index in [1.165, 1.54) is 6.92 Å². The minimum atomic E-state index is -0.373. The highest BCUT2D eigenvalue weighted by Gasteiger charge is 2.09. The Balaban J connectivity index is 2.67. The van der Waals surface area contributed by atoms with Crippen molar-refractivity contribution in [2.45, 2.75) is 6.92 Å². The first kappa shape index (κ1) is 10.7. The zero-order valence-corrected chi connectivity index (χ0v) is 9.25. The van der Waals surface area contributed by atoms with Crippen molar-refractivity contribution < 1.29 is 5.11 Å². The molecule has 5 heteroatoms. The number of nitrogens with zero attached hydrogens (tertiary/aromatic N) is 1. The van der Waals surface area contributed by atoms with Crippen LogP contribution in [0.25, 0.3) is 11.4 Å². The predicted octanol–water partition coefficient (Wildman–Crippen LogP) is 2.10. The summed E-state index contributed by atoms with van der Waals surface area (Å²) in [5.41, 5.74) is 0.398. The first-order chi connectivity index (χ1) is 7.59. The average Bonchev–Trinajstić information content (AvgIpc) is 2.26. The maximum absolute atomic E-state index is 11.4. The molecule has 0 amide bonds. The van der Waals surface area contributed by atoms with E-state index in [2.05, 4.69) is 9.97 Å². The lowest BCUT2D eigenvalue weighted by atomic mass is 10.2. The molecule has 0 bridgehead atoms. The highest BCUT2D eigenvalue weighted by molar-refractivity contribution is 6.33. The number of H-pyrrole nitrogens is 1. The van der Waals surface area contributed by atoms with Crippen molar-refractivity contribution in [3.05, 3.63) is 45.2 Å². The van der Waals surface area contributed by atoms with Gasteiger partial charge in [-0.25, -0.2) is 0 Å². The van der Waals surface area contributed by atoms with Crippen LogP contribution in [-0.4, -0.2) is 15.1 Å². The van der Waals surface area contributed by atoms with Gasteiger partial charge in [-0.2, -0.15) is 4.98 Å². The van der Waals surface area contributed by atoms with Crippen molar-refractivity contribution in [2.75, 3.05) is 0 Å². The Morgan fingerprint density at radius 1 is 1.38 bits per heavy atom. The highest BCUT2D eigenvalue weighted by atomic mass is 35.5. The lowest BCUT2D eigenvalue weighted by molar-refractivity contribution is 0.447. The van der Waals surface area contributed by atoms with Crippen LogP contribution in [0.5, 0.6) is 5.88 Å². The van der Waals surface area contributed by atoms with Crippen LogP contribution in [0.2, 0.25) is 5.02 Å². The van der Waals surface area contributed by atoms with Gasteiger partial charge in [-0.15, -0.1) is 0 Å². The Bertz CT molecular complexity index is 593. The third-order valence-corrected chi connectivity index (χ3v) is 2.58. The standard InChI is InChI=1S/C11H9ClN2O2/c1-6-10(15)13-9(14-11(6)16)7-4-2-3-5-8(7)12/h2-5H,1H3,(H2,13,14,15,16). The summed E-state index contributed by atoms with van der Waals surface area (Å²) in [7, 11) is 0. The lowest BCUT2D eigenvalue weighted by Gasteiger charge is -2.04. The normalized spacial score (nSPS) is 10.4. The van der Waals surface area contributed by atoms with Gasteiger partial charge in [0.05, 0.1) is 10.6 Å². The fourth-order valence-corrected chi connectivity index (χ4v) is 1.53. The summed E-state index contributed by atoms with van der Waals surface area (Å²) in [4.78, 5) is 17.9. The van der Waals surface area contributed by atoms with Crippen LogP contribution < -0.4 is 5.56 Å². The van der Waals surface area contributed by atoms with E-state index >= 15 is 0 Å². The van der Waals surface area contributed by atoms with Gasteiger partial charge in [0.25, 0.3) is 5.56 Å². The summed E-state index contributed by atoms with van der Waals surface area (Å²) in [6, 6.07) is 6.96. The predicted molar refractivity (Wildman–Crippen MR) is 61.7 cm³/mol. The van der Waals surface area contributed by atoms with Crippen molar-refractivity contribution in [2.24, 2.45) is 0 Å². The molecule has 1 aromatic heterocycles. The van der Waals surface area contributed by atoms with Gasteiger partial charge in [-0.05, 0) is 19.1 Å². The number of aromatic amines is 1. The Labute approximate surface area is 96.6 Å². The smallest absolute Gasteiger partial charge is 0.257 e. The van der Waals surface area contributed by atoms with E-state index in [9.17, 15) is 9.90 Å². The fourth-order valence-electron chi connectivity index (χ4n) is 1.30. The van der Waals surface area contributed by atoms with Crippen molar-refractivity contribution >= 4 is 11.6 Å². The summed E-state index contributed by atoms with van der Waals surface area (Å²) in [6.07, 6.45) is 0. The van der Waals surface area contributed by atoms with Crippen molar-refractivity contribution in [3.8, 4) is 17.3 Å². The SMILES string of the molecule is Cc1c(O)nc(-c2ccccc2Cl)[nH]c1=O. The van der Waals surface area contributed by atoms with Crippen LogP contribution in [-0.2, 0) is 0 Å². The molecule has 4 nitrogen and oxygen atoms in total. The molecule has 0 fully saturated rings. The molecular formula is C11H9ClN2O2. The molecule has 0 spiro atoms. The first-order valence-electron chi connectivity index (χ1n) is 4.64. The van der Waals surface area contributed by atoms with Crippen LogP contribution in [0.4, 0.5) is 0 Å². The van der Waals surface area contributed by atoms with Gasteiger partial charge in [0.1, 0.15) is 5.82 Å². The summed E-state index contributed by atoms with van der Waals surface area (Å²) in [5.74, 6) is -0.0163. The van der Waals surface area contributed by atoms with E-state index in [1.807, 2.05) is 0 Å². The Morgan fingerprint density at radius 2 is 2.06 bits per heavy atom. The number of hydrogen-bond acceptors (Lipinski definition) is 3. The van der Waals surface area contributed by atoms with Crippen molar-refractivity contribution in [1.29, 1.82) is 0 Å². The second-order valence-electron chi connectivity index (χ2n) is 3.34. The fraction of sp³-hybridized carbons (Fsp3) is 0.0909. The van der Waals surface area contributed by atoms with Crippen molar-refractivity contribution in [3.63, 3.8) is 0 Å². The lowest BCUT2D eigenvalue weighted by Crippen LogP contribution is -2.12. The molecule has 1 heterocycles. The van der Waals surface area contributed by atoms with Gasteiger partial charge in [0, 0.05) is 5.56 Å². The van der Waals surface area contributed by atoms with Gasteiger partial charge in [-0.1, -0.05) is 23.7 Å². The van der Waals surface area contributed by atoms with E-state index in [0.29, 0.717) is 10.6 Å². The van der Waals surface area contributed by atoms with Gasteiger partial charge < -0.3 is 10.1 Å². The molecule has 0 aliphatic rings. The van der Waals surface area contributed by atoms with E-state index in [4.69, 9.17) is 11.6 Å². The van der Waals surface area contributed by atoms with Crippen LogP contribution in [0.15, 0.2) is 29.1 Å². The molecule has 0 saturated carbocycles. The number of aromatic hydroxyl groups is 1. The molecule has 2 rings (SSSR count). The van der Waals surface area contributed by atoms with Gasteiger partial charge in [0.2, 0.25) is 5.88 Å². The number of hydrogen-bond donors (Lipinski definition) is 2. The van der Waals surface area contributed by atoms with E-state index in [1.54, 1.807) is 24.3 Å². The minimum absolute atomic E-state index is 0.191. The zero-order valence-electron chi connectivity index (χ0n) is 8.49. The number of benzene rings is 1. The van der Waals surface area contributed by atoms with Crippen LogP contribution in [0, 0.1) is 6.92 Å². The summed E-state index contributed by atoms with van der Waals surface area (Å²) < 4.78 is 0. The average molecular weight is 237 g/mol. The van der Waals surface area contributed by atoms with Gasteiger partial charge in [-0.3, -0.25) is 4.79 Å². The van der Waals surface area contributed by atoms with E-state index in [-0.39, 0.29) is 22.8 Å². The van der Waals surface area contributed by atoms with Gasteiger partial charge >= 0.3 is 0 Å². The topological polar surface area (TPSA) is 66.0 Å². The van der Waals surface area contributed by atoms with E-state index < -0.39 is 0 Å². The maximum Gasteiger partial charge on any atom is 0.257 e. The molecule has 0 saturated heterocycles. The molecule has 0 unspecified atom stereocenters. The van der Waals surface area contributed by atoms with Crippen LogP contribution in [0.1, 0.15) is 5.56 Å². The summed E-state index contributed by atoms with van der Waals surface area (Å²) >= 11 is 5.96. The second kappa shape index (κ2) is 3.98. The monoisotopic (exact) mass is 236 g/mol. The molecule has 0 radical (unpaired) electrons. The molecule has 0 aliphatic carbocycles.